The van der Waals surface area contributed by atoms with Gasteiger partial charge in [-0.2, -0.15) is 0 Å². The van der Waals surface area contributed by atoms with Crippen LogP contribution in [0.5, 0.6) is 17.2 Å². The zero-order chi connectivity index (χ0) is 24.1. The van der Waals surface area contributed by atoms with E-state index in [9.17, 15) is 9.59 Å². The standard InChI is InChI=1S/C26H31N3O5/c1-32-20-10-8-19(9-11-20)24-25(31)29(26(28-24)13-5-4-6-14-26)17-23(30)27-16-18-7-12-21(33-2)22(15-18)34-3/h7-12,15H,4-6,13-14,16-17H2,1-3H3,(H,27,30). The fourth-order valence-corrected chi connectivity index (χ4v) is 4.68. The molecule has 2 amide bonds. The SMILES string of the molecule is COc1ccc(C2=NC3(CCCCC3)N(CC(=O)NCc3ccc(OC)c(OC)c3)C2=O)cc1. The highest BCUT2D eigenvalue weighted by molar-refractivity contribution is 6.47. The molecule has 0 bridgehead atoms. The van der Waals surface area contributed by atoms with Gasteiger partial charge in [-0.05, 0) is 67.6 Å². The molecule has 1 spiro atoms. The van der Waals surface area contributed by atoms with Crippen molar-refractivity contribution in [2.75, 3.05) is 27.9 Å². The second kappa shape index (κ2) is 10.2. The molecular weight excluding hydrogens is 434 g/mol. The summed E-state index contributed by atoms with van der Waals surface area (Å²) in [5, 5.41) is 2.93. The van der Waals surface area contributed by atoms with Crippen LogP contribution in [0.15, 0.2) is 47.5 Å². The predicted octanol–water partition coefficient (Wildman–Crippen LogP) is 3.32. The van der Waals surface area contributed by atoms with Crippen LogP contribution >= 0.6 is 0 Å². The van der Waals surface area contributed by atoms with Crippen molar-refractivity contribution in [3.05, 3.63) is 53.6 Å². The van der Waals surface area contributed by atoms with E-state index in [2.05, 4.69) is 5.32 Å². The van der Waals surface area contributed by atoms with Crippen LogP contribution < -0.4 is 19.5 Å². The Kier molecular flexibility index (Phi) is 7.05. The van der Waals surface area contributed by atoms with E-state index < -0.39 is 5.66 Å². The molecule has 8 nitrogen and oxygen atoms in total. The predicted molar refractivity (Wildman–Crippen MR) is 128 cm³/mol. The summed E-state index contributed by atoms with van der Waals surface area (Å²) in [6, 6.07) is 12.8. The summed E-state index contributed by atoms with van der Waals surface area (Å²) < 4.78 is 15.8. The van der Waals surface area contributed by atoms with Crippen LogP contribution in [-0.4, -0.2) is 56.0 Å². The van der Waals surface area contributed by atoms with Crippen LogP contribution in [0.4, 0.5) is 0 Å². The largest absolute Gasteiger partial charge is 0.497 e. The maximum absolute atomic E-state index is 13.5. The van der Waals surface area contributed by atoms with Crippen molar-refractivity contribution in [1.82, 2.24) is 10.2 Å². The fraction of sp³-hybridized carbons (Fsp3) is 0.423. The molecule has 1 saturated carbocycles. The van der Waals surface area contributed by atoms with Crippen LogP contribution in [0.1, 0.15) is 43.2 Å². The number of hydrogen-bond acceptors (Lipinski definition) is 6. The minimum Gasteiger partial charge on any atom is -0.497 e. The molecule has 4 rings (SSSR count). The van der Waals surface area contributed by atoms with Gasteiger partial charge in [-0.3, -0.25) is 14.6 Å². The lowest BCUT2D eigenvalue weighted by Gasteiger charge is -2.38. The third-order valence-corrected chi connectivity index (χ3v) is 6.53. The van der Waals surface area contributed by atoms with Gasteiger partial charge in [-0.1, -0.05) is 12.5 Å². The molecule has 0 aromatic heterocycles. The van der Waals surface area contributed by atoms with Crippen molar-refractivity contribution < 1.29 is 23.8 Å². The normalized spacial score (nSPS) is 16.9. The molecule has 2 aliphatic rings. The van der Waals surface area contributed by atoms with Gasteiger partial charge in [-0.15, -0.1) is 0 Å². The van der Waals surface area contributed by atoms with Crippen molar-refractivity contribution in [1.29, 1.82) is 0 Å². The summed E-state index contributed by atoms with van der Waals surface area (Å²) in [7, 11) is 4.76. The van der Waals surface area contributed by atoms with Gasteiger partial charge in [0.25, 0.3) is 5.91 Å². The summed E-state index contributed by atoms with van der Waals surface area (Å²) in [6.45, 7) is 0.287. The third-order valence-electron chi connectivity index (χ3n) is 6.53. The Balaban J connectivity index is 1.48. The molecular formula is C26H31N3O5. The molecule has 1 heterocycles. The Morgan fingerprint density at radius 1 is 0.971 bits per heavy atom. The number of rotatable bonds is 8. The van der Waals surface area contributed by atoms with Crippen molar-refractivity contribution in [3.63, 3.8) is 0 Å². The molecule has 8 heteroatoms. The number of ether oxygens (including phenoxy) is 3. The summed E-state index contributed by atoms with van der Waals surface area (Å²) >= 11 is 0. The number of nitrogens with one attached hydrogen (secondary N) is 1. The van der Waals surface area contributed by atoms with Crippen LogP contribution in [0.2, 0.25) is 0 Å². The molecule has 180 valence electrons. The van der Waals surface area contributed by atoms with Gasteiger partial charge >= 0.3 is 0 Å². The highest BCUT2D eigenvalue weighted by atomic mass is 16.5. The molecule has 0 atom stereocenters. The minimum atomic E-state index is -0.648. The number of amides is 2. The summed E-state index contributed by atoms with van der Waals surface area (Å²) in [6.07, 6.45) is 4.61. The number of methoxy groups -OCH3 is 3. The highest BCUT2D eigenvalue weighted by Crippen LogP contribution is 2.39. The molecule has 2 aromatic rings. The van der Waals surface area contributed by atoms with E-state index in [-0.39, 0.29) is 18.4 Å². The first-order chi connectivity index (χ1) is 16.5. The Morgan fingerprint density at radius 2 is 1.68 bits per heavy atom. The number of carbonyl (C=O) groups excluding carboxylic acids is 2. The Bertz CT molecular complexity index is 1070. The number of benzene rings is 2. The van der Waals surface area contributed by atoms with Crippen LogP contribution in [0.25, 0.3) is 0 Å². The van der Waals surface area contributed by atoms with E-state index in [0.29, 0.717) is 29.5 Å². The summed E-state index contributed by atoms with van der Waals surface area (Å²) in [5.74, 6) is 1.52. The van der Waals surface area contributed by atoms with Crippen molar-refractivity contribution in [3.8, 4) is 17.2 Å². The molecule has 0 saturated heterocycles. The number of nitrogens with zero attached hydrogens (tertiary/aromatic N) is 2. The van der Waals surface area contributed by atoms with Gasteiger partial charge in [0.05, 0.1) is 21.3 Å². The number of hydrogen-bond donors (Lipinski definition) is 1. The van der Waals surface area contributed by atoms with E-state index in [1.807, 2.05) is 36.4 Å². The van der Waals surface area contributed by atoms with Gasteiger partial charge in [0.15, 0.2) is 11.5 Å². The molecule has 0 unspecified atom stereocenters. The van der Waals surface area contributed by atoms with Crippen molar-refractivity contribution >= 4 is 17.5 Å². The zero-order valence-electron chi connectivity index (χ0n) is 19.9. The average molecular weight is 466 g/mol. The minimum absolute atomic E-state index is 0.0325. The lowest BCUT2D eigenvalue weighted by atomic mass is 9.88. The third kappa shape index (κ3) is 4.71. The maximum Gasteiger partial charge on any atom is 0.275 e. The van der Waals surface area contributed by atoms with E-state index >= 15 is 0 Å². The van der Waals surface area contributed by atoms with Crippen LogP contribution in [-0.2, 0) is 16.1 Å². The van der Waals surface area contributed by atoms with Gasteiger partial charge in [0.1, 0.15) is 23.7 Å². The van der Waals surface area contributed by atoms with Gasteiger partial charge in [0, 0.05) is 12.1 Å². The quantitative estimate of drug-likeness (QED) is 0.646. The maximum atomic E-state index is 13.5. The van der Waals surface area contributed by atoms with Gasteiger partial charge in [0.2, 0.25) is 5.91 Å². The smallest absolute Gasteiger partial charge is 0.275 e. The zero-order valence-corrected chi connectivity index (χ0v) is 19.9. The summed E-state index contributed by atoms with van der Waals surface area (Å²) in [5.41, 5.74) is 1.38. The monoisotopic (exact) mass is 465 g/mol. The van der Waals surface area contributed by atoms with E-state index in [4.69, 9.17) is 19.2 Å². The fourth-order valence-electron chi connectivity index (χ4n) is 4.68. The Hall–Kier alpha value is -3.55. The molecule has 0 radical (unpaired) electrons. The van der Waals surface area contributed by atoms with Crippen LogP contribution in [0, 0.1) is 0 Å². The Morgan fingerprint density at radius 3 is 2.32 bits per heavy atom. The molecule has 1 fully saturated rings. The number of carbonyl (C=O) groups is 2. The second-order valence-electron chi connectivity index (χ2n) is 8.59. The summed E-state index contributed by atoms with van der Waals surface area (Å²) in [4.78, 5) is 33.0. The lowest BCUT2D eigenvalue weighted by molar-refractivity contribution is -0.136. The van der Waals surface area contributed by atoms with Crippen LogP contribution in [0.3, 0.4) is 0 Å². The van der Waals surface area contributed by atoms with E-state index in [0.717, 1.165) is 43.2 Å². The van der Waals surface area contributed by atoms with Gasteiger partial charge in [-0.25, -0.2) is 0 Å². The van der Waals surface area contributed by atoms with Crippen molar-refractivity contribution in [2.24, 2.45) is 4.99 Å². The Labute approximate surface area is 199 Å². The second-order valence-corrected chi connectivity index (χ2v) is 8.59. The first kappa shape index (κ1) is 23.6. The first-order valence-electron chi connectivity index (χ1n) is 11.5. The molecule has 1 N–H and O–H groups in total. The lowest BCUT2D eigenvalue weighted by Crippen LogP contribution is -2.52. The van der Waals surface area contributed by atoms with Gasteiger partial charge < -0.3 is 24.4 Å². The average Bonchev–Trinajstić information content (AvgIpc) is 3.13. The molecule has 1 aliphatic carbocycles. The highest BCUT2D eigenvalue weighted by Gasteiger charge is 2.48. The molecule has 1 aliphatic heterocycles. The number of aliphatic imine (C=N–C) groups is 1. The van der Waals surface area contributed by atoms with Crippen molar-refractivity contribution in [2.45, 2.75) is 44.3 Å². The molecule has 2 aromatic carbocycles. The van der Waals surface area contributed by atoms with E-state index in [1.165, 1.54) is 0 Å². The molecule has 34 heavy (non-hydrogen) atoms. The van der Waals surface area contributed by atoms with E-state index in [1.54, 1.807) is 32.3 Å². The first-order valence-corrected chi connectivity index (χ1v) is 11.5. The topological polar surface area (TPSA) is 89.5 Å².